The monoisotopic (exact) mass is 521 g/mol. The molecule has 1 fully saturated rings. The number of amides is 1. The Morgan fingerprint density at radius 1 is 0.842 bits per heavy atom. The van der Waals surface area contributed by atoms with Crippen molar-refractivity contribution in [2.24, 2.45) is 0 Å². The summed E-state index contributed by atoms with van der Waals surface area (Å²) in [5.74, 6) is -0.511. The van der Waals surface area contributed by atoms with Crippen LogP contribution in [0.4, 0.5) is 4.39 Å². The van der Waals surface area contributed by atoms with E-state index in [2.05, 4.69) is 0 Å². The molecule has 3 aromatic rings. The molecule has 38 heavy (non-hydrogen) atoms. The minimum Gasteiger partial charge on any atom is -0.507 e. The molecule has 198 valence electrons. The number of rotatable bonds is 9. The number of carbonyl (C=O) groups is 2. The van der Waals surface area contributed by atoms with Gasteiger partial charge in [-0.3, -0.25) is 9.59 Å². The predicted molar refractivity (Wildman–Crippen MR) is 138 cm³/mol. The number of methoxy groups -OCH3 is 4. The minimum atomic E-state index is -0.957. The summed E-state index contributed by atoms with van der Waals surface area (Å²) in [6.45, 7) is 0.153. The highest BCUT2D eigenvalue weighted by Gasteiger charge is 2.47. The summed E-state index contributed by atoms with van der Waals surface area (Å²) in [6, 6.07) is 14.5. The molecule has 1 N–H and O–H groups in total. The van der Waals surface area contributed by atoms with E-state index in [0.717, 1.165) is 5.56 Å². The number of benzene rings is 3. The van der Waals surface area contributed by atoms with E-state index in [-0.39, 0.29) is 17.7 Å². The van der Waals surface area contributed by atoms with Crippen LogP contribution in [0.2, 0.25) is 0 Å². The Morgan fingerprint density at radius 3 is 2.16 bits per heavy atom. The van der Waals surface area contributed by atoms with Gasteiger partial charge in [-0.15, -0.1) is 0 Å². The lowest BCUT2D eigenvalue weighted by Crippen LogP contribution is -2.32. The topological polar surface area (TPSA) is 94.5 Å². The fourth-order valence-corrected chi connectivity index (χ4v) is 4.53. The molecule has 0 saturated carbocycles. The standard InChI is InChI=1S/C29H28FNO7/c1-35-20-10-11-21(23(16-20)37-3)26-25(27(32)18-6-8-19(30)9-7-18)28(33)29(34)31(26)14-13-17-5-12-22(36-2)24(15-17)38-4/h5-12,15-16,26,32H,13-14H2,1-4H3. The molecular weight excluding hydrogens is 493 g/mol. The van der Waals surface area contributed by atoms with E-state index in [1.165, 1.54) is 50.5 Å². The Balaban J connectivity index is 1.80. The van der Waals surface area contributed by atoms with Crippen molar-refractivity contribution in [1.82, 2.24) is 4.90 Å². The van der Waals surface area contributed by atoms with E-state index in [0.29, 0.717) is 35.0 Å². The van der Waals surface area contributed by atoms with Crippen molar-refractivity contribution in [3.63, 3.8) is 0 Å². The molecular formula is C29H28FNO7. The van der Waals surface area contributed by atoms with Gasteiger partial charge in [-0.1, -0.05) is 6.07 Å². The smallest absolute Gasteiger partial charge is 0.295 e. The van der Waals surface area contributed by atoms with Crippen molar-refractivity contribution in [3.05, 3.63) is 88.7 Å². The van der Waals surface area contributed by atoms with Crippen LogP contribution in [0.25, 0.3) is 5.76 Å². The molecule has 1 amide bonds. The van der Waals surface area contributed by atoms with Crippen molar-refractivity contribution in [2.45, 2.75) is 12.5 Å². The van der Waals surface area contributed by atoms with Gasteiger partial charge in [-0.25, -0.2) is 4.39 Å². The van der Waals surface area contributed by atoms with Crippen LogP contribution >= 0.6 is 0 Å². The maximum atomic E-state index is 13.5. The van der Waals surface area contributed by atoms with Gasteiger partial charge < -0.3 is 29.0 Å². The number of hydrogen-bond donors (Lipinski definition) is 1. The number of hydrogen-bond acceptors (Lipinski definition) is 7. The number of aliphatic hydroxyl groups is 1. The molecule has 8 nitrogen and oxygen atoms in total. The Labute approximate surface area is 219 Å². The Morgan fingerprint density at radius 2 is 1.53 bits per heavy atom. The molecule has 1 atom stereocenters. The van der Waals surface area contributed by atoms with Gasteiger partial charge in [0, 0.05) is 23.7 Å². The zero-order valence-corrected chi connectivity index (χ0v) is 21.5. The van der Waals surface area contributed by atoms with E-state index < -0.39 is 29.3 Å². The Hall–Kier alpha value is -4.53. The molecule has 1 saturated heterocycles. The highest BCUT2D eigenvalue weighted by molar-refractivity contribution is 6.46. The molecule has 1 heterocycles. The first-order valence-electron chi connectivity index (χ1n) is 11.8. The summed E-state index contributed by atoms with van der Waals surface area (Å²) in [6.07, 6.45) is 0.388. The molecule has 4 rings (SSSR count). The lowest BCUT2D eigenvalue weighted by molar-refractivity contribution is -0.139. The van der Waals surface area contributed by atoms with Crippen LogP contribution in [0.1, 0.15) is 22.7 Å². The van der Waals surface area contributed by atoms with Gasteiger partial charge in [-0.2, -0.15) is 0 Å². The highest BCUT2D eigenvalue weighted by Crippen LogP contribution is 2.43. The second-order valence-corrected chi connectivity index (χ2v) is 8.55. The SMILES string of the molecule is COc1ccc(C2C(=C(O)c3ccc(F)cc3)C(=O)C(=O)N2CCc2ccc(OC)c(OC)c2)c(OC)c1. The third-order valence-electron chi connectivity index (χ3n) is 6.48. The van der Waals surface area contributed by atoms with E-state index in [9.17, 15) is 19.1 Å². The molecule has 0 spiro atoms. The van der Waals surface area contributed by atoms with Crippen LogP contribution in [-0.2, 0) is 16.0 Å². The molecule has 3 aromatic carbocycles. The Kier molecular flexibility index (Phi) is 7.85. The fourth-order valence-electron chi connectivity index (χ4n) is 4.53. The third kappa shape index (κ3) is 5.00. The van der Waals surface area contributed by atoms with E-state index in [4.69, 9.17) is 18.9 Å². The largest absolute Gasteiger partial charge is 0.507 e. The van der Waals surface area contributed by atoms with Crippen molar-refractivity contribution in [2.75, 3.05) is 35.0 Å². The average molecular weight is 522 g/mol. The molecule has 9 heteroatoms. The number of likely N-dealkylation sites (tertiary alicyclic amines) is 1. The first-order valence-corrected chi connectivity index (χ1v) is 11.8. The summed E-state index contributed by atoms with van der Waals surface area (Å²) >= 11 is 0. The first-order chi connectivity index (χ1) is 18.3. The number of carbonyl (C=O) groups excluding carboxylic acids is 2. The Bertz CT molecular complexity index is 1380. The van der Waals surface area contributed by atoms with Crippen LogP contribution in [-0.4, -0.2) is 56.7 Å². The normalized spacial score (nSPS) is 16.4. The summed E-state index contributed by atoms with van der Waals surface area (Å²) < 4.78 is 35.1. The van der Waals surface area contributed by atoms with Crippen LogP contribution in [0.15, 0.2) is 66.2 Å². The van der Waals surface area contributed by atoms with Gasteiger partial charge in [0.05, 0.1) is 40.1 Å². The molecule has 1 unspecified atom stereocenters. The van der Waals surface area contributed by atoms with Gasteiger partial charge in [0.15, 0.2) is 11.5 Å². The van der Waals surface area contributed by atoms with Crippen molar-refractivity contribution >= 4 is 17.4 Å². The van der Waals surface area contributed by atoms with Crippen LogP contribution in [0.3, 0.4) is 0 Å². The summed E-state index contributed by atoms with van der Waals surface area (Å²) in [5.41, 5.74) is 1.44. The van der Waals surface area contributed by atoms with Crippen LogP contribution in [0, 0.1) is 5.82 Å². The summed E-state index contributed by atoms with van der Waals surface area (Å²) in [4.78, 5) is 28.0. The molecule has 1 aliphatic heterocycles. The number of ether oxygens (including phenoxy) is 4. The molecule has 0 aromatic heterocycles. The zero-order chi connectivity index (χ0) is 27.4. The van der Waals surface area contributed by atoms with Gasteiger partial charge in [0.1, 0.15) is 23.1 Å². The number of nitrogens with zero attached hydrogens (tertiary/aromatic N) is 1. The van der Waals surface area contributed by atoms with Crippen molar-refractivity contribution in [3.8, 4) is 23.0 Å². The van der Waals surface area contributed by atoms with E-state index in [1.807, 2.05) is 6.07 Å². The molecule has 0 radical (unpaired) electrons. The fraction of sp³-hybridized carbons (Fsp3) is 0.241. The number of Topliss-reactive ketones (excluding diaryl/α,β-unsaturated/α-hetero) is 1. The second-order valence-electron chi connectivity index (χ2n) is 8.55. The van der Waals surface area contributed by atoms with Gasteiger partial charge >= 0.3 is 0 Å². The molecule has 0 aliphatic carbocycles. The number of halogens is 1. The van der Waals surface area contributed by atoms with E-state index >= 15 is 0 Å². The predicted octanol–water partition coefficient (Wildman–Crippen LogP) is 4.52. The molecule has 0 bridgehead atoms. The van der Waals surface area contributed by atoms with Crippen molar-refractivity contribution < 1.29 is 38.0 Å². The second kappa shape index (κ2) is 11.2. The van der Waals surface area contributed by atoms with Crippen LogP contribution < -0.4 is 18.9 Å². The van der Waals surface area contributed by atoms with Gasteiger partial charge in [-0.05, 0) is 60.5 Å². The maximum absolute atomic E-state index is 13.5. The van der Waals surface area contributed by atoms with Crippen molar-refractivity contribution in [1.29, 1.82) is 0 Å². The van der Waals surface area contributed by atoms with E-state index in [1.54, 1.807) is 37.4 Å². The number of aliphatic hydroxyl groups excluding tert-OH is 1. The quantitative estimate of drug-likeness (QED) is 0.251. The minimum absolute atomic E-state index is 0.114. The summed E-state index contributed by atoms with van der Waals surface area (Å²) in [7, 11) is 6.05. The lowest BCUT2D eigenvalue weighted by atomic mass is 9.94. The molecule has 1 aliphatic rings. The average Bonchev–Trinajstić information content (AvgIpc) is 3.20. The number of ketones is 1. The first kappa shape index (κ1) is 26.5. The van der Waals surface area contributed by atoms with Gasteiger partial charge in [0.25, 0.3) is 11.7 Å². The lowest BCUT2D eigenvalue weighted by Gasteiger charge is -2.27. The summed E-state index contributed by atoms with van der Waals surface area (Å²) in [5, 5.41) is 11.2. The van der Waals surface area contributed by atoms with Crippen LogP contribution in [0.5, 0.6) is 23.0 Å². The third-order valence-corrected chi connectivity index (χ3v) is 6.48. The van der Waals surface area contributed by atoms with Gasteiger partial charge in [0.2, 0.25) is 0 Å². The zero-order valence-electron chi connectivity index (χ0n) is 21.5. The highest BCUT2D eigenvalue weighted by atomic mass is 19.1. The maximum Gasteiger partial charge on any atom is 0.295 e.